The lowest BCUT2D eigenvalue weighted by Crippen LogP contribution is -2.72. The molecule has 0 radical (unpaired) electrons. The summed E-state index contributed by atoms with van der Waals surface area (Å²) < 4.78 is 6.07. The number of nitrogens with zero attached hydrogens (tertiary/aromatic N) is 3. The van der Waals surface area contributed by atoms with Crippen LogP contribution in [0, 0.1) is 11.3 Å². The molecule has 5 rings (SSSR count). The molecule has 1 atom stereocenters. The maximum atomic E-state index is 12.1. The zero-order valence-electron chi connectivity index (χ0n) is 22.0. The minimum absolute atomic E-state index is 0.0127. The maximum absolute atomic E-state index is 12.1. The Morgan fingerprint density at radius 2 is 2.00 bits per heavy atom. The number of ether oxygens (including phenoxy) is 1. The molecule has 11 heteroatoms. The summed E-state index contributed by atoms with van der Waals surface area (Å²) in [5.41, 5.74) is 5.45. The molecule has 0 saturated carbocycles. The number of carbonyl (C=O) groups is 2. The molecule has 4 heterocycles. The van der Waals surface area contributed by atoms with Gasteiger partial charge in [-0.05, 0) is 30.2 Å². The van der Waals surface area contributed by atoms with E-state index in [1.54, 1.807) is 0 Å². The minimum Gasteiger partial charge on any atom is -0.465 e. The molecule has 1 aromatic heterocycles. The van der Waals surface area contributed by atoms with E-state index in [0.717, 1.165) is 59.5 Å². The van der Waals surface area contributed by atoms with Gasteiger partial charge in [0.05, 0.1) is 23.0 Å². The summed E-state index contributed by atoms with van der Waals surface area (Å²) in [7, 11) is -1.19. The summed E-state index contributed by atoms with van der Waals surface area (Å²) in [6.07, 6.45) is -0.249. The zero-order chi connectivity index (χ0) is 26.5. The first-order valence-corrected chi connectivity index (χ1v) is 17.0. The Hall–Kier alpha value is -2.40. The van der Waals surface area contributed by atoms with Gasteiger partial charge < -0.3 is 20.1 Å². The van der Waals surface area contributed by atoms with Crippen molar-refractivity contribution in [3.63, 3.8) is 0 Å². The number of fused-ring (bicyclic) bond motifs is 1. The molecule has 2 saturated heterocycles. The van der Waals surface area contributed by atoms with Gasteiger partial charge >= 0.3 is 6.09 Å². The van der Waals surface area contributed by atoms with Crippen molar-refractivity contribution in [2.45, 2.75) is 52.2 Å². The third-order valence-corrected chi connectivity index (χ3v) is 9.87. The van der Waals surface area contributed by atoms with E-state index < -0.39 is 14.2 Å². The average Bonchev–Trinajstić information content (AvgIpc) is 3.15. The number of hydrogen-bond donors (Lipinski definition) is 3. The monoisotopic (exact) mass is 545 g/mol. The van der Waals surface area contributed by atoms with Crippen LogP contribution in [0.5, 0.6) is 0 Å². The summed E-state index contributed by atoms with van der Waals surface area (Å²) in [6.45, 7) is 13.7. The van der Waals surface area contributed by atoms with Gasteiger partial charge in [0.1, 0.15) is 0 Å². The highest BCUT2D eigenvalue weighted by Crippen LogP contribution is 2.43. The van der Waals surface area contributed by atoms with Crippen molar-refractivity contribution < 1.29 is 19.4 Å². The lowest BCUT2D eigenvalue weighted by molar-refractivity contribution is -0.119. The summed E-state index contributed by atoms with van der Waals surface area (Å²) in [6, 6.07) is 4.94. The Balaban J connectivity index is 1.37. The molecule has 37 heavy (non-hydrogen) atoms. The number of H-pyrrole nitrogens is 1. The second-order valence-corrected chi connectivity index (χ2v) is 18.2. The number of benzene rings is 1. The SMILES string of the molecule is CC1Cc2c(ccc(-c3n[nH]c(COCC[Si](C)(C)C)c3CN3CC4(C3)CN(C(=O)O)C4)c2Cl)NC1=O. The summed E-state index contributed by atoms with van der Waals surface area (Å²) in [4.78, 5) is 27.2. The summed E-state index contributed by atoms with van der Waals surface area (Å²) in [5, 5.41) is 20.7. The molecule has 0 aliphatic carbocycles. The van der Waals surface area contributed by atoms with E-state index in [0.29, 0.717) is 37.7 Å². The molecular formula is C26H36ClN5O4Si. The van der Waals surface area contributed by atoms with Gasteiger partial charge in [-0.2, -0.15) is 5.10 Å². The fraction of sp³-hybridized carbons (Fsp3) is 0.577. The van der Waals surface area contributed by atoms with Crippen molar-refractivity contribution in [2.24, 2.45) is 11.3 Å². The van der Waals surface area contributed by atoms with E-state index in [9.17, 15) is 14.7 Å². The quantitative estimate of drug-likeness (QED) is 0.332. The largest absolute Gasteiger partial charge is 0.465 e. The van der Waals surface area contributed by atoms with Crippen LogP contribution in [0.1, 0.15) is 23.7 Å². The zero-order valence-corrected chi connectivity index (χ0v) is 23.7. The number of anilines is 1. The number of likely N-dealkylation sites (tertiary alicyclic amines) is 2. The second kappa shape index (κ2) is 9.72. The molecule has 3 aliphatic rings. The lowest BCUT2D eigenvalue weighted by Gasteiger charge is -2.59. The van der Waals surface area contributed by atoms with Crippen LogP contribution in [0.15, 0.2) is 12.1 Å². The predicted molar refractivity (Wildman–Crippen MR) is 146 cm³/mol. The number of aromatic amines is 1. The van der Waals surface area contributed by atoms with Gasteiger partial charge in [0.25, 0.3) is 0 Å². The number of nitrogens with one attached hydrogen (secondary N) is 2. The van der Waals surface area contributed by atoms with Gasteiger partial charge in [0.15, 0.2) is 0 Å². The molecule has 0 bridgehead atoms. The number of carboxylic acid groups (broad SMARTS) is 1. The van der Waals surface area contributed by atoms with Gasteiger partial charge in [-0.25, -0.2) is 4.79 Å². The first-order chi connectivity index (χ1) is 17.4. The van der Waals surface area contributed by atoms with E-state index in [1.165, 1.54) is 4.90 Å². The van der Waals surface area contributed by atoms with Gasteiger partial charge in [-0.15, -0.1) is 0 Å². The molecule has 3 aliphatic heterocycles. The Morgan fingerprint density at radius 1 is 1.27 bits per heavy atom. The van der Waals surface area contributed by atoms with Crippen molar-refractivity contribution in [1.29, 1.82) is 0 Å². The molecule has 2 fully saturated rings. The highest BCUT2D eigenvalue weighted by Gasteiger charge is 2.53. The van der Waals surface area contributed by atoms with E-state index in [2.05, 4.69) is 35.0 Å². The second-order valence-electron chi connectivity index (χ2n) is 12.2. The molecule has 1 unspecified atom stereocenters. The number of aromatic nitrogens is 2. The third-order valence-electron chi connectivity index (χ3n) is 7.73. The number of amides is 2. The Bertz CT molecular complexity index is 1210. The molecule has 9 nitrogen and oxygen atoms in total. The Morgan fingerprint density at radius 3 is 2.68 bits per heavy atom. The van der Waals surface area contributed by atoms with Crippen LogP contribution in [-0.2, 0) is 29.1 Å². The third kappa shape index (κ3) is 5.29. The van der Waals surface area contributed by atoms with E-state index in [-0.39, 0.29) is 17.2 Å². The van der Waals surface area contributed by atoms with Crippen LogP contribution >= 0.6 is 11.6 Å². The van der Waals surface area contributed by atoms with Crippen molar-refractivity contribution >= 4 is 37.4 Å². The van der Waals surface area contributed by atoms with E-state index in [4.69, 9.17) is 21.4 Å². The maximum Gasteiger partial charge on any atom is 0.407 e. The Kier molecular flexibility index (Phi) is 6.89. The standard InChI is InChI=1S/C26H36ClN5O4Si/c1-16-9-18-20(28-24(16)33)6-5-17(22(18)27)23-19(21(29-30-23)11-36-7-8-37(2,3)4)10-31-12-26(13-31)14-32(15-26)25(34)35/h5-6,16H,7-15H2,1-4H3,(H,28,33)(H,29,30)(H,34,35). The normalized spacial score (nSPS) is 20.8. The van der Waals surface area contributed by atoms with Crippen molar-refractivity contribution in [1.82, 2.24) is 20.0 Å². The Labute approximate surface area is 223 Å². The lowest BCUT2D eigenvalue weighted by atomic mass is 9.73. The average molecular weight is 546 g/mol. The first-order valence-electron chi connectivity index (χ1n) is 12.9. The number of halogens is 1. The van der Waals surface area contributed by atoms with Gasteiger partial charge in [-0.1, -0.05) is 38.2 Å². The molecular weight excluding hydrogens is 510 g/mol. The van der Waals surface area contributed by atoms with Gasteiger partial charge in [0.2, 0.25) is 5.91 Å². The van der Waals surface area contributed by atoms with E-state index in [1.807, 2.05) is 19.1 Å². The van der Waals surface area contributed by atoms with Crippen molar-refractivity contribution in [2.75, 3.05) is 38.1 Å². The van der Waals surface area contributed by atoms with Crippen LogP contribution in [0.2, 0.25) is 30.7 Å². The highest BCUT2D eigenvalue weighted by molar-refractivity contribution is 6.76. The van der Waals surface area contributed by atoms with Crippen LogP contribution in [0.3, 0.4) is 0 Å². The fourth-order valence-corrected chi connectivity index (χ4v) is 6.67. The molecule has 200 valence electrons. The van der Waals surface area contributed by atoms with Crippen molar-refractivity contribution in [3.05, 3.63) is 34.0 Å². The molecule has 1 aromatic carbocycles. The van der Waals surface area contributed by atoms with Crippen LogP contribution in [0.25, 0.3) is 11.3 Å². The topological polar surface area (TPSA) is 111 Å². The molecule has 1 spiro atoms. The highest BCUT2D eigenvalue weighted by atomic mass is 35.5. The molecule has 2 aromatic rings. The number of rotatable bonds is 8. The van der Waals surface area contributed by atoms with Gasteiger partial charge in [0, 0.05) is 75.6 Å². The van der Waals surface area contributed by atoms with Gasteiger partial charge in [-0.3, -0.25) is 14.8 Å². The van der Waals surface area contributed by atoms with Crippen LogP contribution < -0.4 is 5.32 Å². The van der Waals surface area contributed by atoms with E-state index >= 15 is 0 Å². The first kappa shape index (κ1) is 26.2. The molecule has 2 amide bonds. The fourth-order valence-electron chi connectivity index (χ4n) is 5.58. The summed E-state index contributed by atoms with van der Waals surface area (Å²) in [5.74, 6) is -0.127. The van der Waals surface area contributed by atoms with Crippen LogP contribution in [-0.4, -0.2) is 78.0 Å². The number of carbonyl (C=O) groups excluding carboxylic acids is 1. The van der Waals surface area contributed by atoms with Crippen LogP contribution in [0.4, 0.5) is 10.5 Å². The van der Waals surface area contributed by atoms with Crippen molar-refractivity contribution in [3.8, 4) is 11.3 Å². The minimum atomic E-state index is -1.19. The number of hydrogen-bond acceptors (Lipinski definition) is 5. The predicted octanol–water partition coefficient (Wildman–Crippen LogP) is 4.51. The summed E-state index contributed by atoms with van der Waals surface area (Å²) >= 11 is 6.93. The molecule has 3 N–H and O–H groups in total. The smallest absolute Gasteiger partial charge is 0.407 e.